The van der Waals surface area contributed by atoms with Crippen LogP contribution in [0.15, 0.2) is 107 Å². The number of methoxy groups -OCH3 is 2. The summed E-state index contributed by atoms with van der Waals surface area (Å²) in [6.07, 6.45) is 0. The number of hydrogen-bond donors (Lipinski definition) is 1. The summed E-state index contributed by atoms with van der Waals surface area (Å²) in [7, 11) is 3.30. The average Bonchev–Trinajstić information content (AvgIpc) is 3.40. The molecule has 1 N–H and O–H groups in total. The summed E-state index contributed by atoms with van der Waals surface area (Å²) in [4.78, 5) is 12.7. The molecule has 7 rings (SSSR count). The minimum atomic E-state index is -0.301. The van der Waals surface area contributed by atoms with E-state index in [4.69, 9.17) is 29.3 Å². The van der Waals surface area contributed by atoms with Crippen LogP contribution in [-0.2, 0) is 0 Å². The second-order valence-electron chi connectivity index (χ2n) is 10.4. The van der Waals surface area contributed by atoms with Gasteiger partial charge < -0.3 is 24.4 Å². The van der Waals surface area contributed by atoms with Gasteiger partial charge in [-0.05, 0) is 67.9 Å². The molecule has 4 aromatic carbocycles. The maximum atomic E-state index is 5.95. The summed E-state index contributed by atoms with van der Waals surface area (Å²) >= 11 is 0. The first-order valence-electron chi connectivity index (χ1n) is 14.5. The predicted octanol–water partition coefficient (Wildman–Crippen LogP) is 7.39. The lowest BCUT2D eigenvalue weighted by atomic mass is 9.93. The molecule has 0 spiro atoms. The Balaban J connectivity index is 1.49. The molecule has 2 aliphatic rings. The van der Waals surface area contributed by atoms with E-state index in [0.717, 1.165) is 51.1 Å². The van der Waals surface area contributed by atoms with Crippen molar-refractivity contribution < 1.29 is 14.2 Å². The molecule has 0 bridgehead atoms. The van der Waals surface area contributed by atoms with Crippen LogP contribution in [0, 0.1) is 6.92 Å². The monoisotopic (exact) mass is 584 g/mol. The quantitative estimate of drug-likeness (QED) is 0.215. The zero-order valence-corrected chi connectivity index (χ0v) is 25.0. The Labute approximate surface area is 256 Å². The van der Waals surface area contributed by atoms with Gasteiger partial charge in [-0.1, -0.05) is 48.5 Å². The Bertz CT molecular complexity index is 1910. The number of aromatic nitrogens is 2. The SMILES string of the molecule is CCOc1ccccc1NC1=Nc2ccccc2N2C1=Nc1c(c(C)nn1-c1ccccc1)[C@@H]2c1ccc(OC)c(OC)c1. The van der Waals surface area contributed by atoms with Gasteiger partial charge in [0.2, 0.25) is 0 Å². The first kappa shape index (κ1) is 27.3. The van der Waals surface area contributed by atoms with Crippen LogP contribution in [0.5, 0.6) is 17.2 Å². The van der Waals surface area contributed by atoms with Crippen LogP contribution in [-0.4, -0.2) is 42.3 Å². The van der Waals surface area contributed by atoms with Gasteiger partial charge in [0.05, 0.1) is 55.3 Å². The number of nitrogens with one attached hydrogen (secondary N) is 1. The summed E-state index contributed by atoms with van der Waals surface area (Å²) in [6, 6.07) is 31.8. The number of aliphatic imine (C=N–C) groups is 2. The van der Waals surface area contributed by atoms with Gasteiger partial charge >= 0.3 is 0 Å². The first-order valence-corrected chi connectivity index (χ1v) is 14.5. The van der Waals surface area contributed by atoms with Crippen molar-refractivity contribution in [3.05, 3.63) is 114 Å². The number of ether oxygens (including phenoxy) is 3. The van der Waals surface area contributed by atoms with Gasteiger partial charge in [0.25, 0.3) is 0 Å². The lowest BCUT2D eigenvalue weighted by Crippen LogP contribution is -2.46. The molecule has 0 amide bonds. The fraction of sp³-hybridized carbons (Fsp3) is 0.171. The molecule has 1 atom stereocenters. The van der Waals surface area contributed by atoms with Gasteiger partial charge in [-0.2, -0.15) is 5.10 Å². The van der Waals surface area contributed by atoms with Crippen LogP contribution in [0.4, 0.5) is 22.9 Å². The van der Waals surface area contributed by atoms with Gasteiger partial charge in [-0.15, -0.1) is 0 Å². The topological polar surface area (TPSA) is 85.5 Å². The molecule has 2 aliphatic heterocycles. The molecule has 44 heavy (non-hydrogen) atoms. The van der Waals surface area contributed by atoms with Crippen molar-refractivity contribution >= 4 is 34.6 Å². The molecule has 0 unspecified atom stereocenters. The summed E-state index contributed by atoms with van der Waals surface area (Å²) < 4.78 is 19.2. The second-order valence-corrected chi connectivity index (χ2v) is 10.4. The smallest absolute Gasteiger partial charge is 0.179 e. The Morgan fingerprint density at radius 2 is 1.55 bits per heavy atom. The first-order chi connectivity index (χ1) is 21.6. The third kappa shape index (κ3) is 4.53. The molecule has 9 heteroatoms. The van der Waals surface area contributed by atoms with Gasteiger partial charge in [-0.25, -0.2) is 14.7 Å². The van der Waals surface area contributed by atoms with Crippen molar-refractivity contribution in [2.75, 3.05) is 31.0 Å². The molecule has 3 heterocycles. The van der Waals surface area contributed by atoms with Crippen molar-refractivity contribution in [2.45, 2.75) is 19.9 Å². The van der Waals surface area contributed by atoms with Crippen molar-refractivity contribution in [3.8, 4) is 22.9 Å². The number of aryl methyl sites for hydroxylation is 1. The van der Waals surface area contributed by atoms with Crippen LogP contribution >= 0.6 is 0 Å². The Hall–Kier alpha value is -5.57. The molecule has 9 nitrogen and oxygen atoms in total. The summed E-state index contributed by atoms with van der Waals surface area (Å²) in [5.74, 6) is 4.05. The van der Waals surface area contributed by atoms with Crippen molar-refractivity contribution in [2.24, 2.45) is 9.98 Å². The van der Waals surface area contributed by atoms with Gasteiger partial charge in [0.15, 0.2) is 29.0 Å². The van der Waals surface area contributed by atoms with E-state index in [1.54, 1.807) is 14.2 Å². The zero-order chi connectivity index (χ0) is 30.2. The van der Waals surface area contributed by atoms with Crippen LogP contribution in [0.25, 0.3) is 5.69 Å². The molecule has 1 aromatic heterocycles. The van der Waals surface area contributed by atoms with Crippen LogP contribution in [0.2, 0.25) is 0 Å². The van der Waals surface area contributed by atoms with Gasteiger partial charge in [0, 0.05) is 5.56 Å². The minimum Gasteiger partial charge on any atom is -0.493 e. The number of benzene rings is 4. The number of rotatable bonds is 7. The van der Waals surface area contributed by atoms with Crippen molar-refractivity contribution in [1.29, 1.82) is 0 Å². The van der Waals surface area contributed by atoms with E-state index in [1.165, 1.54) is 0 Å². The molecule has 0 saturated carbocycles. The standard InChI is InChI=1S/C35H32N6O3/c1-5-44-28-18-12-10-16-26(28)37-33-35-38-34-31(22(2)39-41(34)24-13-7-6-8-14-24)32(23-19-20-29(42-3)30(21-23)43-4)40(35)27-17-11-9-15-25(27)36-33/h6-21,32H,5H2,1-4H3,(H,36,37)/t32-/m0/s1. The van der Waals surface area contributed by atoms with Gasteiger partial charge in [0.1, 0.15) is 5.75 Å². The third-order valence-corrected chi connectivity index (χ3v) is 7.80. The molecule has 220 valence electrons. The lowest BCUT2D eigenvalue weighted by molar-refractivity contribution is 0.342. The highest BCUT2D eigenvalue weighted by molar-refractivity contribution is 6.51. The molecule has 0 fully saturated rings. The van der Waals surface area contributed by atoms with E-state index in [0.29, 0.717) is 29.8 Å². The highest BCUT2D eigenvalue weighted by atomic mass is 16.5. The van der Waals surface area contributed by atoms with Crippen molar-refractivity contribution in [3.63, 3.8) is 0 Å². The highest BCUT2D eigenvalue weighted by Crippen LogP contribution is 2.49. The highest BCUT2D eigenvalue weighted by Gasteiger charge is 2.41. The number of hydrogen-bond acceptors (Lipinski definition) is 8. The number of nitrogens with zero attached hydrogens (tertiary/aromatic N) is 5. The van der Waals surface area contributed by atoms with Crippen LogP contribution < -0.4 is 24.4 Å². The summed E-state index contributed by atoms with van der Waals surface area (Å²) in [5, 5.41) is 8.58. The van der Waals surface area contributed by atoms with E-state index in [1.807, 2.05) is 103 Å². The Morgan fingerprint density at radius 3 is 2.34 bits per heavy atom. The van der Waals surface area contributed by atoms with Crippen LogP contribution in [0.3, 0.4) is 0 Å². The van der Waals surface area contributed by atoms with Crippen LogP contribution in [0.1, 0.15) is 29.8 Å². The minimum absolute atomic E-state index is 0.301. The number of para-hydroxylation sites is 5. The molecule has 0 aliphatic carbocycles. The molecular weight excluding hydrogens is 552 g/mol. The fourth-order valence-corrected chi connectivity index (χ4v) is 5.86. The zero-order valence-electron chi connectivity index (χ0n) is 25.0. The number of anilines is 2. The Kier molecular flexibility index (Phi) is 6.98. The average molecular weight is 585 g/mol. The predicted molar refractivity (Wildman–Crippen MR) is 174 cm³/mol. The number of fused-ring (bicyclic) bond motifs is 4. The van der Waals surface area contributed by atoms with E-state index in [-0.39, 0.29) is 6.04 Å². The summed E-state index contributed by atoms with van der Waals surface area (Å²) in [6.45, 7) is 4.55. The molecule has 0 radical (unpaired) electrons. The molecule has 0 saturated heterocycles. The summed E-state index contributed by atoms with van der Waals surface area (Å²) in [5.41, 5.74) is 6.36. The Morgan fingerprint density at radius 1 is 0.795 bits per heavy atom. The maximum absolute atomic E-state index is 5.95. The third-order valence-electron chi connectivity index (χ3n) is 7.80. The number of amidine groups is 2. The molecular formula is C35H32N6O3. The fourth-order valence-electron chi connectivity index (χ4n) is 5.86. The maximum Gasteiger partial charge on any atom is 0.179 e. The normalized spacial score (nSPS) is 14.9. The second kappa shape index (κ2) is 11.3. The van der Waals surface area contributed by atoms with E-state index in [2.05, 4.69) is 22.3 Å². The van der Waals surface area contributed by atoms with Crippen molar-refractivity contribution in [1.82, 2.24) is 9.78 Å². The van der Waals surface area contributed by atoms with E-state index < -0.39 is 0 Å². The largest absolute Gasteiger partial charge is 0.493 e. The van der Waals surface area contributed by atoms with E-state index >= 15 is 0 Å². The molecule has 5 aromatic rings. The lowest BCUT2D eigenvalue weighted by Gasteiger charge is -2.40. The van der Waals surface area contributed by atoms with Gasteiger partial charge in [-0.3, -0.25) is 0 Å². The van der Waals surface area contributed by atoms with E-state index in [9.17, 15) is 0 Å².